The van der Waals surface area contributed by atoms with E-state index in [1.807, 2.05) is 24.3 Å². The lowest BCUT2D eigenvalue weighted by atomic mass is 9.98. The Kier molecular flexibility index (Phi) is 5.87. The van der Waals surface area contributed by atoms with Gasteiger partial charge in [0, 0.05) is 28.9 Å². The summed E-state index contributed by atoms with van der Waals surface area (Å²) in [7, 11) is 0. The molecule has 4 N–H and O–H groups in total. The minimum atomic E-state index is -0.332. The van der Waals surface area contributed by atoms with Crippen molar-refractivity contribution in [2.45, 2.75) is 18.8 Å². The molecule has 4 aromatic rings. The van der Waals surface area contributed by atoms with Crippen LogP contribution in [0, 0.1) is 16.7 Å². The number of nitrogens with one attached hydrogen (secondary N) is 4. The summed E-state index contributed by atoms with van der Waals surface area (Å²) in [5.74, 6) is 0.114. The highest BCUT2D eigenvalue weighted by molar-refractivity contribution is 7.08. The molecule has 5 rings (SSSR count). The van der Waals surface area contributed by atoms with Crippen molar-refractivity contribution in [2.24, 2.45) is 5.10 Å². The van der Waals surface area contributed by atoms with Crippen molar-refractivity contribution in [2.75, 3.05) is 10.7 Å². The first-order chi connectivity index (χ1) is 17.1. The monoisotopic (exact) mass is 482 g/mol. The number of fused-ring (bicyclic) bond motifs is 1. The molecule has 0 saturated heterocycles. The molecule has 0 atom stereocenters. The van der Waals surface area contributed by atoms with Crippen molar-refractivity contribution in [1.29, 1.82) is 10.7 Å². The van der Waals surface area contributed by atoms with Gasteiger partial charge in [-0.3, -0.25) is 15.0 Å². The number of H-pyrrole nitrogens is 1. The maximum Gasteiger partial charge on any atom is 0.267 e. The topological polar surface area (TPSA) is 160 Å². The van der Waals surface area contributed by atoms with Gasteiger partial charge in [0.25, 0.3) is 11.5 Å². The highest BCUT2D eigenvalue weighted by Gasteiger charge is 2.34. The zero-order valence-electron chi connectivity index (χ0n) is 18.2. The molecule has 11 heteroatoms. The average molecular weight is 483 g/mol. The number of hydrogen-bond acceptors (Lipinski definition) is 9. The van der Waals surface area contributed by atoms with Crippen molar-refractivity contribution in [1.82, 2.24) is 14.3 Å². The predicted octanol–water partition coefficient (Wildman–Crippen LogP) is 4.10. The van der Waals surface area contributed by atoms with E-state index >= 15 is 0 Å². The minimum Gasteiger partial charge on any atom is -0.329 e. The van der Waals surface area contributed by atoms with Crippen molar-refractivity contribution >= 4 is 52.1 Å². The number of aromatic amines is 1. The van der Waals surface area contributed by atoms with Crippen molar-refractivity contribution in [3.8, 4) is 17.3 Å². The summed E-state index contributed by atoms with van der Waals surface area (Å²) in [6.07, 6.45) is 7.17. The lowest BCUT2D eigenvalue weighted by Gasteiger charge is -2.09. The Bertz CT molecular complexity index is 1590. The first-order valence-corrected chi connectivity index (χ1v) is 11.5. The normalized spacial score (nSPS) is 13.0. The number of aromatic nitrogens is 3. The van der Waals surface area contributed by atoms with Gasteiger partial charge in [0.1, 0.15) is 10.9 Å². The molecule has 0 radical (unpaired) electrons. The second-order valence-corrected chi connectivity index (χ2v) is 8.64. The summed E-state index contributed by atoms with van der Waals surface area (Å²) < 4.78 is 4.64. The van der Waals surface area contributed by atoms with Gasteiger partial charge in [-0.2, -0.15) is 14.7 Å². The number of amides is 1. The van der Waals surface area contributed by atoms with Crippen LogP contribution in [0.25, 0.3) is 22.0 Å². The number of hydrogen-bond donors (Lipinski definition) is 4. The van der Waals surface area contributed by atoms with Crippen LogP contribution < -0.4 is 16.3 Å². The molecule has 0 aliphatic heterocycles. The molecule has 3 heterocycles. The summed E-state index contributed by atoms with van der Waals surface area (Å²) >= 11 is 1.12. The zero-order chi connectivity index (χ0) is 24.4. The number of pyridine rings is 2. The van der Waals surface area contributed by atoms with Gasteiger partial charge in [-0.15, -0.1) is 0 Å². The molecule has 0 unspecified atom stereocenters. The largest absolute Gasteiger partial charge is 0.329 e. The smallest absolute Gasteiger partial charge is 0.267 e. The van der Waals surface area contributed by atoms with E-state index in [4.69, 9.17) is 5.41 Å². The Morgan fingerprint density at radius 3 is 2.94 bits per heavy atom. The summed E-state index contributed by atoms with van der Waals surface area (Å²) in [6, 6.07) is 10.9. The van der Waals surface area contributed by atoms with Gasteiger partial charge in [0.05, 0.1) is 29.4 Å². The van der Waals surface area contributed by atoms with Crippen LogP contribution in [0.2, 0.25) is 0 Å². The second-order valence-electron chi connectivity index (χ2n) is 7.86. The average Bonchev–Trinajstić information content (AvgIpc) is 3.62. The second kappa shape index (κ2) is 9.28. The maximum atomic E-state index is 13.3. The Balaban J connectivity index is 1.49. The third-order valence-corrected chi connectivity index (χ3v) is 6.44. The number of benzene rings is 1. The zero-order valence-corrected chi connectivity index (χ0v) is 19.0. The van der Waals surface area contributed by atoms with Crippen LogP contribution in [0.3, 0.4) is 0 Å². The summed E-state index contributed by atoms with van der Waals surface area (Å²) in [5, 5.41) is 24.3. The first-order valence-electron chi connectivity index (χ1n) is 10.7. The molecule has 35 heavy (non-hydrogen) atoms. The molecule has 1 fully saturated rings. The third-order valence-electron chi connectivity index (χ3n) is 5.58. The van der Waals surface area contributed by atoms with E-state index in [0.29, 0.717) is 16.0 Å². The van der Waals surface area contributed by atoms with Crippen molar-refractivity contribution in [3.05, 3.63) is 69.1 Å². The molecule has 1 saturated carbocycles. The summed E-state index contributed by atoms with van der Waals surface area (Å²) in [5.41, 5.74) is 5.39. The highest BCUT2D eigenvalue weighted by Crippen LogP contribution is 2.48. The van der Waals surface area contributed by atoms with E-state index < -0.39 is 0 Å². The van der Waals surface area contributed by atoms with E-state index in [-0.39, 0.29) is 28.8 Å². The minimum absolute atomic E-state index is 0.173. The summed E-state index contributed by atoms with van der Waals surface area (Å²) in [4.78, 5) is 32.9. The Morgan fingerprint density at radius 1 is 1.31 bits per heavy atom. The van der Waals surface area contributed by atoms with Crippen LogP contribution in [0.4, 0.5) is 11.5 Å². The standard InChI is InChI=1S/C24H18N8O2S/c25-7-9-29-31-22-14(11-26)10-15(12-28-22)30-24(34)21-19(13-4-5-13)20(32-35-21)17-2-1-3-18-16(17)6-8-27-23(18)33/h1-3,6-10,12-13,25H,4-5H2,(H,27,33)(H,28,31)(H,30,34)/b25-7?,29-9-. The van der Waals surface area contributed by atoms with Crippen molar-refractivity contribution < 1.29 is 4.79 Å². The molecule has 0 spiro atoms. The number of rotatable bonds is 7. The lowest BCUT2D eigenvalue weighted by molar-refractivity contribution is 0.102. The first kappa shape index (κ1) is 22.1. The van der Waals surface area contributed by atoms with Crippen LogP contribution in [0.15, 0.2) is 52.6 Å². The van der Waals surface area contributed by atoms with Crippen LogP contribution in [0.1, 0.15) is 39.6 Å². The molecule has 172 valence electrons. The van der Waals surface area contributed by atoms with Crippen LogP contribution in [0.5, 0.6) is 0 Å². The Hall–Kier alpha value is -4.69. The number of anilines is 2. The Morgan fingerprint density at radius 2 is 2.17 bits per heavy atom. The number of carbonyl (C=O) groups is 1. The molecule has 1 aromatic carbocycles. The van der Waals surface area contributed by atoms with Crippen LogP contribution in [-0.2, 0) is 0 Å². The molecule has 3 aromatic heterocycles. The van der Waals surface area contributed by atoms with Gasteiger partial charge in [0.2, 0.25) is 0 Å². The molecule has 1 aliphatic carbocycles. The molecule has 1 amide bonds. The lowest BCUT2D eigenvalue weighted by Crippen LogP contribution is -2.13. The van der Waals surface area contributed by atoms with E-state index in [9.17, 15) is 14.9 Å². The van der Waals surface area contributed by atoms with Crippen molar-refractivity contribution in [3.63, 3.8) is 0 Å². The summed E-state index contributed by atoms with van der Waals surface area (Å²) in [6.45, 7) is 0. The van der Waals surface area contributed by atoms with E-state index in [1.54, 1.807) is 12.3 Å². The van der Waals surface area contributed by atoms with E-state index in [2.05, 4.69) is 30.2 Å². The van der Waals surface area contributed by atoms with Gasteiger partial charge in [0.15, 0.2) is 5.82 Å². The number of nitrogens with zero attached hydrogens (tertiary/aromatic N) is 4. The van der Waals surface area contributed by atoms with E-state index in [1.165, 1.54) is 18.5 Å². The SMILES string of the molecule is N#Cc1cc(NC(=O)c2snc(-c3cccc4c(=O)[nH]ccc34)c2C2CC2)cnc1N/N=C\C=N. The van der Waals surface area contributed by atoms with Gasteiger partial charge >= 0.3 is 0 Å². The van der Waals surface area contributed by atoms with Gasteiger partial charge in [-0.25, -0.2) is 4.98 Å². The molecule has 1 aliphatic rings. The van der Waals surface area contributed by atoms with Crippen LogP contribution in [-0.4, -0.2) is 32.7 Å². The molecular weight excluding hydrogens is 464 g/mol. The fraction of sp³-hybridized carbons (Fsp3) is 0.125. The van der Waals surface area contributed by atoms with Gasteiger partial charge in [-0.1, -0.05) is 12.1 Å². The molecular formula is C24H18N8O2S. The Labute approximate surface area is 203 Å². The predicted molar refractivity (Wildman–Crippen MR) is 135 cm³/mol. The van der Waals surface area contributed by atoms with Gasteiger partial charge < -0.3 is 15.7 Å². The van der Waals surface area contributed by atoms with Gasteiger partial charge in [-0.05, 0) is 53.9 Å². The van der Waals surface area contributed by atoms with E-state index in [0.717, 1.165) is 52.8 Å². The fourth-order valence-electron chi connectivity index (χ4n) is 3.86. The quantitative estimate of drug-likeness (QED) is 0.229. The number of nitriles is 1. The number of carbonyl (C=O) groups excluding carboxylic acids is 1. The number of hydrazone groups is 1. The van der Waals surface area contributed by atoms with Crippen LogP contribution >= 0.6 is 11.5 Å². The molecule has 0 bridgehead atoms. The fourth-order valence-corrected chi connectivity index (χ4v) is 4.74. The molecule has 10 nitrogen and oxygen atoms in total. The highest BCUT2D eigenvalue weighted by atomic mass is 32.1. The third kappa shape index (κ3) is 4.30. The maximum absolute atomic E-state index is 13.3.